The Morgan fingerprint density at radius 2 is 1.88 bits per heavy atom. The summed E-state index contributed by atoms with van der Waals surface area (Å²) in [5, 5.41) is 5.04. The molecule has 0 fully saturated rings. The van der Waals surface area contributed by atoms with Crippen LogP contribution in [0, 0.1) is 6.92 Å². The summed E-state index contributed by atoms with van der Waals surface area (Å²) < 4.78 is 5.62. The zero-order valence-corrected chi connectivity index (χ0v) is 15.2. The van der Waals surface area contributed by atoms with Crippen LogP contribution in [0.15, 0.2) is 39.5 Å². The topological polar surface area (TPSA) is 68.0 Å². The number of thiophene rings is 1. The van der Waals surface area contributed by atoms with E-state index < -0.39 is 5.76 Å². The zero-order chi connectivity index (χ0) is 17.7. The van der Waals surface area contributed by atoms with Crippen LogP contribution in [0.1, 0.15) is 29.0 Å². The first-order chi connectivity index (χ1) is 12.7. The summed E-state index contributed by atoms with van der Waals surface area (Å²) in [5.74, 6) is -0.0799. The molecule has 0 saturated heterocycles. The first-order valence-electron chi connectivity index (χ1n) is 8.78. The van der Waals surface area contributed by atoms with Crippen molar-refractivity contribution in [2.75, 3.05) is 5.32 Å². The van der Waals surface area contributed by atoms with E-state index in [0.29, 0.717) is 11.4 Å². The number of anilines is 2. The quantitative estimate of drug-likeness (QED) is 0.558. The average molecular weight is 363 g/mol. The first-order valence-corrected chi connectivity index (χ1v) is 9.60. The van der Waals surface area contributed by atoms with Crippen molar-refractivity contribution in [1.82, 2.24) is 9.97 Å². The largest absolute Gasteiger partial charge is 0.441 e. The van der Waals surface area contributed by atoms with Gasteiger partial charge < -0.3 is 9.73 Å². The molecule has 5 nitrogen and oxygen atoms in total. The van der Waals surface area contributed by atoms with Gasteiger partial charge in [0.25, 0.3) is 0 Å². The van der Waals surface area contributed by atoms with Crippen LogP contribution in [0.5, 0.6) is 0 Å². The van der Waals surface area contributed by atoms with E-state index in [0.717, 1.165) is 39.8 Å². The Kier molecular flexibility index (Phi) is 3.53. The molecule has 0 spiro atoms. The lowest BCUT2D eigenvalue weighted by atomic mass is 9.96. The molecule has 1 aliphatic rings. The molecule has 130 valence electrons. The predicted octanol–water partition coefficient (Wildman–Crippen LogP) is 4.73. The SMILES string of the molecule is Cc1nc2sc3c(c2c2oc(=O)nc(Nc4ccccc4)c12)CCCC3. The summed E-state index contributed by atoms with van der Waals surface area (Å²) in [7, 11) is 0. The molecule has 0 bridgehead atoms. The number of hydrogen-bond acceptors (Lipinski definition) is 6. The average Bonchev–Trinajstić information content (AvgIpc) is 3.00. The van der Waals surface area contributed by atoms with Crippen LogP contribution in [0.2, 0.25) is 0 Å². The lowest BCUT2D eigenvalue weighted by Crippen LogP contribution is -2.09. The smallest absolute Gasteiger partial charge is 0.407 e. The summed E-state index contributed by atoms with van der Waals surface area (Å²) in [6.45, 7) is 1.94. The van der Waals surface area contributed by atoms with Crippen LogP contribution >= 0.6 is 11.3 Å². The van der Waals surface area contributed by atoms with Crippen molar-refractivity contribution in [1.29, 1.82) is 0 Å². The van der Waals surface area contributed by atoms with Gasteiger partial charge in [-0.1, -0.05) is 18.2 Å². The summed E-state index contributed by atoms with van der Waals surface area (Å²) in [5.41, 5.74) is 3.61. The lowest BCUT2D eigenvalue weighted by Gasteiger charge is -2.12. The first kappa shape index (κ1) is 15.5. The number of rotatable bonds is 2. The van der Waals surface area contributed by atoms with E-state index in [2.05, 4.69) is 10.3 Å². The Morgan fingerprint density at radius 3 is 2.73 bits per heavy atom. The number of fused-ring (bicyclic) bond motifs is 5. The van der Waals surface area contributed by atoms with Crippen molar-refractivity contribution in [3.05, 3.63) is 57.0 Å². The number of hydrogen-bond donors (Lipinski definition) is 1. The van der Waals surface area contributed by atoms with Gasteiger partial charge in [0, 0.05) is 10.6 Å². The Morgan fingerprint density at radius 1 is 1.08 bits per heavy atom. The van der Waals surface area contributed by atoms with Crippen molar-refractivity contribution in [3.8, 4) is 0 Å². The fraction of sp³-hybridized carbons (Fsp3) is 0.250. The molecule has 4 aromatic rings. The number of aryl methyl sites for hydroxylation is 3. The maximum Gasteiger partial charge on any atom is 0.441 e. The number of para-hydroxylation sites is 1. The van der Waals surface area contributed by atoms with Crippen molar-refractivity contribution in [2.24, 2.45) is 0 Å². The third kappa shape index (κ3) is 2.41. The third-order valence-corrected chi connectivity index (χ3v) is 6.09. The third-order valence-electron chi connectivity index (χ3n) is 4.90. The van der Waals surface area contributed by atoms with Crippen LogP contribution in [-0.4, -0.2) is 9.97 Å². The molecule has 3 heterocycles. The summed E-state index contributed by atoms with van der Waals surface area (Å²) in [4.78, 5) is 23.5. The highest BCUT2D eigenvalue weighted by molar-refractivity contribution is 7.19. The molecule has 5 rings (SSSR count). The molecule has 3 aromatic heterocycles. The molecule has 1 aromatic carbocycles. The predicted molar refractivity (Wildman–Crippen MR) is 105 cm³/mol. The maximum atomic E-state index is 12.2. The highest BCUT2D eigenvalue weighted by Crippen LogP contribution is 2.40. The minimum Gasteiger partial charge on any atom is -0.407 e. The number of aromatic nitrogens is 2. The van der Waals surface area contributed by atoms with E-state index >= 15 is 0 Å². The minimum absolute atomic E-state index is 0.505. The van der Waals surface area contributed by atoms with E-state index in [1.54, 1.807) is 11.3 Å². The van der Waals surface area contributed by atoms with Gasteiger partial charge in [0.15, 0.2) is 11.4 Å². The molecular weight excluding hydrogens is 346 g/mol. The summed E-state index contributed by atoms with van der Waals surface area (Å²) in [6, 6.07) is 9.71. The maximum absolute atomic E-state index is 12.2. The van der Waals surface area contributed by atoms with Gasteiger partial charge >= 0.3 is 5.76 Å². The van der Waals surface area contributed by atoms with Crippen LogP contribution in [0.4, 0.5) is 11.5 Å². The van der Waals surface area contributed by atoms with Crippen LogP contribution in [0.25, 0.3) is 21.2 Å². The molecule has 0 unspecified atom stereocenters. The number of pyridine rings is 1. The summed E-state index contributed by atoms with van der Waals surface area (Å²) >= 11 is 1.73. The Hall–Kier alpha value is -2.73. The second-order valence-corrected chi connectivity index (χ2v) is 7.70. The normalized spacial score (nSPS) is 13.9. The van der Waals surface area contributed by atoms with Gasteiger partial charge in [-0.2, -0.15) is 4.98 Å². The number of nitrogens with zero attached hydrogens (tertiary/aromatic N) is 2. The van der Waals surface area contributed by atoms with Gasteiger partial charge in [0.1, 0.15) is 4.83 Å². The molecular formula is C20H17N3O2S. The van der Waals surface area contributed by atoms with Gasteiger partial charge in [0.2, 0.25) is 0 Å². The fourth-order valence-corrected chi connectivity index (χ4v) is 5.06. The highest BCUT2D eigenvalue weighted by atomic mass is 32.1. The highest BCUT2D eigenvalue weighted by Gasteiger charge is 2.23. The minimum atomic E-state index is -0.585. The molecule has 0 aliphatic heterocycles. The summed E-state index contributed by atoms with van der Waals surface area (Å²) in [6.07, 6.45) is 4.48. The molecule has 0 saturated carbocycles. The van der Waals surface area contributed by atoms with Crippen molar-refractivity contribution in [3.63, 3.8) is 0 Å². The van der Waals surface area contributed by atoms with Gasteiger partial charge in [-0.15, -0.1) is 11.3 Å². The van der Waals surface area contributed by atoms with Crippen molar-refractivity contribution < 1.29 is 4.42 Å². The molecule has 0 radical (unpaired) electrons. The van der Waals surface area contributed by atoms with Crippen LogP contribution in [0.3, 0.4) is 0 Å². The van der Waals surface area contributed by atoms with E-state index in [1.807, 2.05) is 37.3 Å². The molecule has 26 heavy (non-hydrogen) atoms. The lowest BCUT2D eigenvalue weighted by molar-refractivity contribution is 0.535. The second kappa shape index (κ2) is 5.92. The number of benzene rings is 1. The number of nitrogens with one attached hydrogen (secondary N) is 1. The Labute approximate surface area is 153 Å². The van der Waals surface area contributed by atoms with Crippen LogP contribution < -0.4 is 11.1 Å². The molecule has 0 atom stereocenters. The second-order valence-electron chi connectivity index (χ2n) is 6.61. The van der Waals surface area contributed by atoms with Crippen LogP contribution in [-0.2, 0) is 12.8 Å². The molecule has 1 aliphatic carbocycles. The van der Waals surface area contributed by atoms with Gasteiger partial charge in [-0.05, 0) is 50.3 Å². The molecule has 1 N–H and O–H groups in total. The van der Waals surface area contributed by atoms with Crippen molar-refractivity contribution in [2.45, 2.75) is 32.6 Å². The van der Waals surface area contributed by atoms with Gasteiger partial charge in [-0.3, -0.25) is 0 Å². The fourth-order valence-electron chi connectivity index (χ4n) is 3.75. The van der Waals surface area contributed by atoms with Gasteiger partial charge in [-0.25, -0.2) is 9.78 Å². The van der Waals surface area contributed by atoms with E-state index in [9.17, 15) is 4.79 Å². The van der Waals surface area contributed by atoms with Gasteiger partial charge in [0.05, 0.1) is 16.5 Å². The van der Waals surface area contributed by atoms with Crippen molar-refractivity contribution >= 4 is 44.0 Å². The molecule has 6 heteroatoms. The monoisotopic (exact) mass is 363 g/mol. The molecule has 0 amide bonds. The van der Waals surface area contributed by atoms with E-state index in [-0.39, 0.29) is 0 Å². The Balaban J connectivity index is 1.83. The van der Waals surface area contributed by atoms with E-state index in [4.69, 9.17) is 9.40 Å². The van der Waals surface area contributed by atoms with E-state index in [1.165, 1.54) is 23.3 Å². The Bertz CT molecular complexity index is 1190. The zero-order valence-electron chi connectivity index (χ0n) is 14.3. The standard InChI is InChI=1S/C20H17N3O2S/c1-11-15-17(16-13-9-5-6-10-14(13)26-19(16)21-11)25-20(24)23-18(15)22-12-7-3-2-4-8-12/h2-4,7-8H,5-6,9-10H2,1H3,(H,22,23,24).